The molecule has 4 aromatic rings. The van der Waals surface area contributed by atoms with Crippen molar-refractivity contribution in [3.8, 4) is 22.5 Å². The molecule has 0 unspecified atom stereocenters. The van der Waals surface area contributed by atoms with Gasteiger partial charge in [0, 0.05) is 23.4 Å². The summed E-state index contributed by atoms with van der Waals surface area (Å²) in [6.45, 7) is 0. The number of carbonyl (C=O) groups is 1. The lowest BCUT2D eigenvalue weighted by atomic mass is 9.90. The molecule has 5 rings (SSSR count). The van der Waals surface area contributed by atoms with Crippen LogP contribution in [0.4, 0.5) is 4.39 Å². The predicted octanol–water partition coefficient (Wildman–Crippen LogP) is 5.56. The maximum atomic E-state index is 14.2. The quantitative estimate of drug-likeness (QED) is 0.486. The van der Waals surface area contributed by atoms with E-state index in [1.807, 2.05) is 12.1 Å². The van der Waals surface area contributed by atoms with Crippen molar-refractivity contribution in [3.05, 3.63) is 77.7 Å². The summed E-state index contributed by atoms with van der Waals surface area (Å²) in [4.78, 5) is 16.1. The predicted molar refractivity (Wildman–Crippen MR) is 112 cm³/mol. The zero-order chi connectivity index (χ0) is 20.7. The first kappa shape index (κ1) is 18.5. The van der Waals surface area contributed by atoms with Crippen molar-refractivity contribution in [2.45, 2.75) is 31.6 Å². The van der Waals surface area contributed by atoms with Crippen LogP contribution in [0, 0.1) is 5.82 Å². The van der Waals surface area contributed by atoms with Crippen LogP contribution in [-0.2, 0) is 0 Å². The zero-order valence-electron chi connectivity index (χ0n) is 16.3. The number of hydrogen-bond donors (Lipinski definition) is 1. The molecule has 0 saturated heterocycles. The molecule has 0 aliphatic heterocycles. The molecule has 150 valence electrons. The molecular formula is C24H20FN3O2. The number of carboxylic acid groups (broad SMARTS) is 1. The van der Waals surface area contributed by atoms with Crippen molar-refractivity contribution in [2.24, 2.45) is 0 Å². The second-order valence-electron chi connectivity index (χ2n) is 7.70. The standard InChI is InChI=1S/C24H20FN3O2/c25-20-8-4-3-7-18(20)21-14-23-26-12-11-22(28(23)27-21)16-9-10-17(24(29)30)19(13-16)15-5-1-2-6-15/h3-4,7-15H,1-2,5-6H2,(H,29,30). The van der Waals surface area contributed by atoms with E-state index in [1.54, 1.807) is 47.1 Å². The molecule has 1 N–H and O–H groups in total. The Labute approximate surface area is 172 Å². The third-order valence-corrected chi connectivity index (χ3v) is 5.88. The van der Waals surface area contributed by atoms with Crippen molar-refractivity contribution in [1.82, 2.24) is 14.6 Å². The fourth-order valence-electron chi connectivity index (χ4n) is 4.41. The molecule has 1 aliphatic rings. The third-order valence-electron chi connectivity index (χ3n) is 5.88. The largest absolute Gasteiger partial charge is 0.478 e. The van der Waals surface area contributed by atoms with Gasteiger partial charge in [0.15, 0.2) is 5.65 Å². The number of fused-ring (bicyclic) bond motifs is 1. The van der Waals surface area contributed by atoms with E-state index in [0.717, 1.165) is 42.5 Å². The number of benzene rings is 2. The molecule has 0 bridgehead atoms. The molecule has 1 saturated carbocycles. The molecule has 2 aromatic carbocycles. The van der Waals surface area contributed by atoms with E-state index >= 15 is 0 Å². The molecule has 5 nitrogen and oxygen atoms in total. The van der Waals surface area contributed by atoms with Crippen LogP contribution < -0.4 is 0 Å². The Morgan fingerprint density at radius 2 is 1.87 bits per heavy atom. The Balaban J connectivity index is 1.65. The monoisotopic (exact) mass is 401 g/mol. The lowest BCUT2D eigenvalue weighted by molar-refractivity contribution is 0.0695. The lowest BCUT2D eigenvalue weighted by Gasteiger charge is -2.15. The van der Waals surface area contributed by atoms with Crippen molar-refractivity contribution >= 4 is 11.6 Å². The molecule has 0 amide bonds. The first-order valence-corrected chi connectivity index (χ1v) is 10.1. The Morgan fingerprint density at radius 1 is 1.07 bits per heavy atom. The van der Waals surface area contributed by atoms with E-state index in [2.05, 4.69) is 10.1 Å². The van der Waals surface area contributed by atoms with Gasteiger partial charge in [-0.1, -0.05) is 31.0 Å². The van der Waals surface area contributed by atoms with Gasteiger partial charge < -0.3 is 5.11 Å². The van der Waals surface area contributed by atoms with Crippen LogP contribution in [0.15, 0.2) is 60.8 Å². The van der Waals surface area contributed by atoms with E-state index in [9.17, 15) is 14.3 Å². The average Bonchev–Trinajstić information content (AvgIpc) is 3.43. The molecule has 30 heavy (non-hydrogen) atoms. The highest BCUT2D eigenvalue weighted by Gasteiger charge is 2.23. The fourth-order valence-corrected chi connectivity index (χ4v) is 4.41. The van der Waals surface area contributed by atoms with Gasteiger partial charge in [0.25, 0.3) is 0 Å². The van der Waals surface area contributed by atoms with Gasteiger partial charge >= 0.3 is 5.97 Å². The van der Waals surface area contributed by atoms with Crippen LogP contribution in [0.2, 0.25) is 0 Å². The van der Waals surface area contributed by atoms with Gasteiger partial charge in [-0.25, -0.2) is 18.7 Å². The number of aromatic nitrogens is 3. The summed E-state index contributed by atoms with van der Waals surface area (Å²) in [5.41, 5.74) is 4.44. The number of halogens is 1. The lowest BCUT2D eigenvalue weighted by Crippen LogP contribution is -2.06. The SMILES string of the molecule is O=C(O)c1ccc(-c2ccnc3cc(-c4ccccc4F)nn23)cc1C1CCCC1. The van der Waals surface area contributed by atoms with Crippen LogP contribution in [0.3, 0.4) is 0 Å². The normalized spacial score (nSPS) is 14.4. The minimum atomic E-state index is -0.899. The number of rotatable bonds is 4. The van der Waals surface area contributed by atoms with E-state index in [4.69, 9.17) is 0 Å². The highest BCUT2D eigenvalue weighted by atomic mass is 19.1. The molecule has 0 atom stereocenters. The van der Waals surface area contributed by atoms with Gasteiger partial charge in [-0.3, -0.25) is 0 Å². The smallest absolute Gasteiger partial charge is 0.335 e. The Bertz CT molecular complexity index is 1260. The van der Waals surface area contributed by atoms with Crippen LogP contribution >= 0.6 is 0 Å². The summed E-state index contributed by atoms with van der Waals surface area (Å²) in [6, 6.07) is 15.6. The molecule has 0 spiro atoms. The summed E-state index contributed by atoms with van der Waals surface area (Å²) < 4.78 is 15.9. The molecular weight excluding hydrogens is 381 g/mol. The van der Waals surface area contributed by atoms with Gasteiger partial charge in [-0.15, -0.1) is 0 Å². The number of aromatic carboxylic acids is 1. The summed E-state index contributed by atoms with van der Waals surface area (Å²) in [5.74, 6) is -0.971. The van der Waals surface area contributed by atoms with Crippen molar-refractivity contribution in [2.75, 3.05) is 0 Å². The molecule has 2 aromatic heterocycles. The Morgan fingerprint density at radius 3 is 2.63 bits per heavy atom. The van der Waals surface area contributed by atoms with Crippen molar-refractivity contribution in [1.29, 1.82) is 0 Å². The fraction of sp³-hybridized carbons (Fsp3) is 0.208. The van der Waals surface area contributed by atoms with Crippen molar-refractivity contribution < 1.29 is 14.3 Å². The Hall–Kier alpha value is -3.54. The van der Waals surface area contributed by atoms with E-state index in [0.29, 0.717) is 22.5 Å². The van der Waals surface area contributed by atoms with Crippen molar-refractivity contribution in [3.63, 3.8) is 0 Å². The van der Waals surface area contributed by atoms with Gasteiger partial charge in [0.1, 0.15) is 5.82 Å². The third kappa shape index (κ3) is 3.14. The maximum absolute atomic E-state index is 14.2. The molecule has 1 fully saturated rings. The summed E-state index contributed by atoms with van der Waals surface area (Å²) in [5, 5.41) is 14.3. The summed E-state index contributed by atoms with van der Waals surface area (Å²) >= 11 is 0. The van der Waals surface area contributed by atoms with Crippen LogP contribution in [0.25, 0.3) is 28.2 Å². The molecule has 0 radical (unpaired) electrons. The number of hydrogen-bond acceptors (Lipinski definition) is 3. The Kier molecular flexibility index (Phi) is 4.54. The number of carboxylic acids is 1. The highest BCUT2D eigenvalue weighted by Crippen LogP contribution is 2.38. The van der Waals surface area contributed by atoms with Gasteiger partial charge in [-0.05, 0) is 54.7 Å². The van der Waals surface area contributed by atoms with Gasteiger partial charge in [0.2, 0.25) is 0 Å². The topological polar surface area (TPSA) is 67.5 Å². The second-order valence-corrected chi connectivity index (χ2v) is 7.70. The van der Waals surface area contributed by atoms with E-state index in [-0.39, 0.29) is 11.7 Å². The summed E-state index contributed by atoms with van der Waals surface area (Å²) in [6.07, 6.45) is 5.96. The average molecular weight is 401 g/mol. The second kappa shape index (κ2) is 7.37. The van der Waals surface area contributed by atoms with Crippen LogP contribution in [0.1, 0.15) is 47.5 Å². The van der Waals surface area contributed by atoms with Crippen LogP contribution in [0.5, 0.6) is 0 Å². The van der Waals surface area contributed by atoms with Gasteiger partial charge in [0.05, 0.1) is 17.0 Å². The highest BCUT2D eigenvalue weighted by molar-refractivity contribution is 5.90. The first-order valence-electron chi connectivity index (χ1n) is 10.1. The molecule has 2 heterocycles. The molecule has 1 aliphatic carbocycles. The first-order chi connectivity index (χ1) is 14.6. The minimum Gasteiger partial charge on any atom is -0.478 e. The van der Waals surface area contributed by atoms with E-state index < -0.39 is 5.97 Å². The number of nitrogens with zero attached hydrogens (tertiary/aromatic N) is 3. The summed E-state index contributed by atoms with van der Waals surface area (Å²) in [7, 11) is 0. The van der Waals surface area contributed by atoms with Gasteiger partial charge in [-0.2, -0.15) is 5.10 Å². The minimum absolute atomic E-state index is 0.264. The zero-order valence-corrected chi connectivity index (χ0v) is 16.3. The van der Waals surface area contributed by atoms with Crippen LogP contribution in [-0.4, -0.2) is 25.7 Å². The maximum Gasteiger partial charge on any atom is 0.335 e. The molecule has 6 heteroatoms. The van der Waals surface area contributed by atoms with E-state index in [1.165, 1.54) is 6.07 Å².